The minimum Gasteiger partial charge on any atom is -0.370 e. The maximum Gasteiger partial charge on any atom is 0.222 e. The van der Waals surface area contributed by atoms with Crippen molar-refractivity contribution >= 4 is 23.2 Å². The number of nitrogens with zero attached hydrogens (tertiary/aromatic N) is 3. The number of carbonyl (C=O) groups excluding carboxylic acids is 1. The summed E-state index contributed by atoms with van der Waals surface area (Å²) in [4.78, 5) is 20.6. The summed E-state index contributed by atoms with van der Waals surface area (Å²) in [6, 6.07) is 1.97. The summed E-state index contributed by atoms with van der Waals surface area (Å²) in [5.74, 6) is 0.878. The van der Waals surface area contributed by atoms with E-state index in [1.54, 1.807) is 12.4 Å². The zero-order valence-corrected chi connectivity index (χ0v) is 13.1. The van der Waals surface area contributed by atoms with E-state index in [9.17, 15) is 4.79 Å². The Morgan fingerprint density at radius 2 is 1.95 bits per heavy atom. The molecule has 4 nitrogen and oxygen atoms in total. The summed E-state index contributed by atoms with van der Waals surface area (Å²) in [7, 11) is 0. The van der Waals surface area contributed by atoms with Crippen molar-refractivity contribution < 1.29 is 4.79 Å². The first-order valence-corrected chi connectivity index (χ1v) is 8.24. The predicted octanol–water partition coefficient (Wildman–Crippen LogP) is 2.96. The van der Waals surface area contributed by atoms with Gasteiger partial charge in [0, 0.05) is 45.0 Å². The third kappa shape index (κ3) is 3.49. The van der Waals surface area contributed by atoms with Crippen LogP contribution in [0.2, 0.25) is 5.02 Å². The van der Waals surface area contributed by atoms with Crippen molar-refractivity contribution in [1.29, 1.82) is 0 Å². The SMILES string of the molecule is O=C(CC1CCN(c2ccncc2Cl)CC1)N1CCCC1. The second-order valence-electron chi connectivity index (χ2n) is 6.05. The summed E-state index contributed by atoms with van der Waals surface area (Å²) in [6.45, 7) is 3.87. The standard InChI is InChI=1S/C16H22ClN3O/c17-14-12-18-6-3-15(14)19-9-4-13(5-10-19)11-16(21)20-7-1-2-8-20/h3,6,12-13H,1-2,4-5,7-11H2. The fraction of sp³-hybridized carbons (Fsp3) is 0.625. The highest BCUT2D eigenvalue weighted by atomic mass is 35.5. The van der Waals surface area contributed by atoms with Crippen molar-refractivity contribution in [2.45, 2.75) is 32.1 Å². The monoisotopic (exact) mass is 307 g/mol. The third-order valence-corrected chi connectivity index (χ3v) is 4.92. The molecule has 0 bridgehead atoms. The Kier molecular flexibility index (Phi) is 4.63. The zero-order valence-electron chi connectivity index (χ0n) is 12.3. The molecule has 0 spiro atoms. The molecule has 0 aliphatic carbocycles. The van der Waals surface area contributed by atoms with Gasteiger partial charge in [-0.25, -0.2) is 0 Å². The molecule has 3 heterocycles. The van der Waals surface area contributed by atoms with Gasteiger partial charge in [0.05, 0.1) is 10.7 Å². The van der Waals surface area contributed by atoms with Crippen LogP contribution in [0, 0.1) is 5.92 Å². The van der Waals surface area contributed by atoms with E-state index in [1.807, 2.05) is 11.0 Å². The van der Waals surface area contributed by atoms with Gasteiger partial charge >= 0.3 is 0 Å². The van der Waals surface area contributed by atoms with Crippen molar-refractivity contribution in [3.05, 3.63) is 23.5 Å². The number of likely N-dealkylation sites (tertiary alicyclic amines) is 1. The van der Waals surface area contributed by atoms with Gasteiger partial charge in [0.25, 0.3) is 0 Å². The van der Waals surface area contributed by atoms with Crippen LogP contribution in [-0.4, -0.2) is 42.0 Å². The van der Waals surface area contributed by atoms with E-state index in [1.165, 1.54) is 12.8 Å². The zero-order chi connectivity index (χ0) is 14.7. The van der Waals surface area contributed by atoms with E-state index in [4.69, 9.17) is 11.6 Å². The molecule has 0 unspecified atom stereocenters. The number of halogens is 1. The minimum atomic E-state index is 0.355. The molecule has 0 atom stereocenters. The van der Waals surface area contributed by atoms with Gasteiger partial charge in [-0.05, 0) is 37.7 Å². The van der Waals surface area contributed by atoms with Crippen LogP contribution in [0.5, 0.6) is 0 Å². The Labute approximate surface area is 131 Å². The average molecular weight is 308 g/mol. The van der Waals surface area contributed by atoms with Gasteiger partial charge in [0.2, 0.25) is 5.91 Å². The molecule has 2 aliphatic heterocycles. The fourth-order valence-corrected chi connectivity index (χ4v) is 3.58. The van der Waals surface area contributed by atoms with Crippen LogP contribution < -0.4 is 4.90 Å². The lowest BCUT2D eigenvalue weighted by atomic mass is 9.92. The average Bonchev–Trinajstić information content (AvgIpc) is 3.03. The molecular weight excluding hydrogens is 286 g/mol. The normalized spacial score (nSPS) is 20.0. The summed E-state index contributed by atoms with van der Waals surface area (Å²) in [5, 5.41) is 0.712. The first-order chi connectivity index (χ1) is 10.2. The molecule has 0 radical (unpaired) electrons. The molecule has 0 N–H and O–H groups in total. The fourth-order valence-electron chi connectivity index (χ4n) is 3.34. The first-order valence-electron chi connectivity index (χ1n) is 7.86. The molecule has 2 fully saturated rings. The van der Waals surface area contributed by atoms with Crippen LogP contribution in [-0.2, 0) is 4.79 Å². The topological polar surface area (TPSA) is 36.4 Å². The van der Waals surface area contributed by atoms with Gasteiger partial charge in [-0.2, -0.15) is 0 Å². The van der Waals surface area contributed by atoms with Gasteiger partial charge in [-0.1, -0.05) is 11.6 Å². The number of hydrogen-bond acceptors (Lipinski definition) is 3. The second-order valence-corrected chi connectivity index (χ2v) is 6.46. The lowest BCUT2D eigenvalue weighted by Gasteiger charge is -2.34. The lowest BCUT2D eigenvalue weighted by molar-refractivity contribution is -0.131. The van der Waals surface area contributed by atoms with Crippen LogP contribution in [0.25, 0.3) is 0 Å². The van der Waals surface area contributed by atoms with Crippen LogP contribution in [0.15, 0.2) is 18.5 Å². The van der Waals surface area contributed by atoms with E-state index in [-0.39, 0.29) is 0 Å². The highest BCUT2D eigenvalue weighted by Gasteiger charge is 2.25. The number of aromatic nitrogens is 1. The maximum atomic E-state index is 12.2. The molecule has 3 rings (SSSR count). The number of carbonyl (C=O) groups is 1. The molecular formula is C16H22ClN3O. The molecule has 114 valence electrons. The summed E-state index contributed by atoms with van der Waals surface area (Å²) in [6.07, 6.45) is 8.67. The Hall–Kier alpha value is -1.29. The predicted molar refractivity (Wildman–Crippen MR) is 84.6 cm³/mol. The van der Waals surface area contributed by atoms with E-state index in [2.05, 4.69) is 9.88 Å². The number of hydrogen-bond donors (Lipinski definition) is 0. The van der Waals surface area contributed by atoms with Crippen LogP contribution in [0.3, 0.4) is 0 Å². The Morgan fingerprint density at radius 3 is 2.62 bits per heavy atom. The van der Waals surface area contributed by atoms with Crippen molar-refractivity contribution in [1.82, 2.24) is 9.88 Å². The highest BCUT2D eigenvalue weighted by molar-refractivity contribution is 6.33. The van der Waals surface area contributed by atoms with Gasteiger partial charge in [0.1, 0.15) is 0 Å². The number of anilines is 1. The van der Waals surface area contributed by atoms with Crippen LogP contribution >= 0.6 is 11.6 Å². The molecule has 0 saturated carbocycles. The van der Waals surface area contributed by atoms with Crippen molar-refractivity contribution in [3.8, 4) is 0 Å². The lowest BCUT2D eigenvalue weighted by Crippen LogP contribution is -2.36. The van der Waals surface area contributed by atoms with E-state index < -0.39 is 0 Å². The molecule has 5 heteroatoms. The van der Waals surface area contributed by atoms with Crippen molar-refractivity contribution in [2.24, 2.45) is 5.92 Å². The molecule has 2 aliphatic rings. The van der Waals surface area contributed by atoms with Crippen LogP contribution in [0.4, 0.5) is 5.69 Å². The maximum absolute atomic E-state index is 12.2. The summed E-state index contributed by atoms with van der Waals surface area (Å²) in [5.41, 5.74) is 1.07. The Balaban J connectivity index is 1.51. The largest absolute Gasteiger partial charge is 0.370 e. The van der Waals surface area contributed by atoms with Gasteiger partial charge in [-0.3, -0.25) is 9.78 Å². The second kappa shape index (κ2) is 6.65. The van der Waals surface area contributed by atoms with E-state index in [0.29, 0.717) is 16.8 Å². The number of piperidine rings is 1. The molecule has 1 aromatic heterocycles. The number of amides is 1. The summed E-state index contributed by atoms with van der Waals surface area (Å²) >= 11 is 6.20. The smallest absolute Gasteiger partial charge is 0.222 e. The molecule has 2 saturated heterocycles. The van der Waals surface area contributed by atoms with E-state index in [0.717, 1.165) is 51.1 Å². The highest BCUT2D eigenvalue weighted by Crippen LogP contribution is 2.30. The van der Waals surface area contributed by atoms with Crippen LogP contribution in [0.1, 0.15) is 32.1 Å². The molecule has 1 aromatic rings. The summed E-state index contributed by atoms with van der Waals surface area (Å²) < 4.78 is 0. The minimum absolute atomic E-state index is 0.355. The van der Waals surface area contributed by atoms with Crippen molar-refractivity contribution in [3.63, 3.8) is 0 Å². The molecule has 1 amide bonds. The first kappa shape index (κ1) is 14.6. The molecule has 21 heavy (non-hydrogen) atoms. The van der Waals surface area contributed by atoms with Gasteiger partial charge in [0.15, 0.2) is 0 Å². The molecule has 0 aromatic carbocycles. The Morgan fingerprint density at radius 1 is 1.24 bits per heavy atom. The van der Waals surface area contributed by atoms with Gasteiger partial charge < -0.3 is 9.80 Å². The third-order valence-electron chi connectivity index (χ3n) is 4.63. The van der Waals surface area contributed by atoms with Gasteiger partial charge in [-0.15, -0.1) is 0 Å². The number of pyridine rings is 1. The van der Waals surface area contributed by atoms with E-state index >= 15 is 0 Å². The number of rotatable bonds is 3. The Bertz CT molecular complexity index is 494. The quantitative estimate of drug-likeness (QED) is 0.861. The van der Waals surface area contributed by atoms with Crippen molar-refractivity contribution in [2.75, 3.05) is 31.1 Å².